The van der Waals surface area contributed by atoms with E-state index in [-0.39, 0.29) is 17.7 Å². The fourth-order valence-corrected chi connectivity index (χ4v) is 1.66. The van der Waals surface area contributed by atoms with Crippen molar-refractivity contribution in [3.63, 3.8) is 0 Å². The Morgan fingerprint density at radius 3 is 2.77 bits per heavy atom. The van der Waals surface area contributed by atoms with Gasteiger partial charge in [0, 0.05) is 12.3 Å². The summed E-state index contributed by atoms with van der Waals surface area (Å²) >= 11 is 0. The molecule has 0 aliphatic rings. The Labute approximate surface area is 124 Å². The molecular weight excluding hydrogens is 282 g/mol. The van der Waals surface area contributed by atoms with E-state index >= 15 is 0 Å². The summed E-state index contributed by atoms with van der Waals surface area (Å²) in [5, 5.41) is 21.5. The van der Waals surface area contributed by atoms with Crippen molar-refractivity contribution in [3.05, 3.63) is 54.2 Å². The highest BCUT2D eigenvalue weighted by Crippen LogP contribution is 2.20. The molecule has 0 unspecified atom stereocenters. The molecule has 0 amide bonds. The maximum Gasteiger partial charge on any atom is 0.255 e. The van der Waals surface area contributed by atoms with Crippen molar-refractivity contribution in [2.45, 2.75) is 0 Å². The van der Waals surface area contributed by atoms with Crippen LogP contribution >= 0.6 is 0 Å². The van der Waals surface area contributed by atoms with Gasteiger partial charge in [-0.1, -0.05) is 6.07 Å². The second-order valence-electron chi connectivity index (χ2n) is 4.06. The monoisotopic (exact) mass is 289 g/mol. The number of nitriles is 2. The normalized spacial score (nSPS) is 9.73. The lowest BCUT2D eigenvalue weighted by Gasteiger charge is -2.05. The van der Waals surface area contributed by atoms with E-state index in [4.69, 9.17) is 15.3 Å². The van der Waals surface area contributed by atoms with Crippen molar-refractivity contribution < 1.29 is 4.74 Å². The van der Waals surface area contributed by atoms with Gasteiger partial charge in [-0.25, -0.2) is 9.97 Å². The Morgan fingerprint density at radius 1 is 1.09 bits per heavy atom. The van der Waals surface area contributed by atoms with Gasteiger partial charge >= 0.3 is 0 Å². The largest absolute Gasteiger partial charge is 0.439 e. The Balaban J connectivity index is 1.88. The number of benzene rings is 1. The van der Waals surface area contributed by atoms with Crippen LogP contribution in [0.3, 0.4) is 0 Å². The van der Waals surface area contributed by atoms with Crippen LogP contribution in [-0.4, -0.2) is 24.7 Å². The van der Waals surface area contributed by atoms with Gasteiger partial charge in [0.05, 0.1) is 11.6 Å². The minimum absolute atomic E-state index is 0.0247. The van der Waals surface area contributed by atoms with Gasteiger partial charge in [-0.3, -0.25) is 0 Å². The third kappa shape index (κ3) is 2.71. The summed E-state index contributed by atoms with van der Waals surface area (Å²) in [7, 11) is 0. The minimum Gasteiger partial charge on any atom is -0.439 e. The Bertz CT molecular complexity index is 904. The minimum atomic E-state index is 0.0247. The van der Waals surface area contributed by atoms with Crippen LogP contribution in [0.1, 0.15) is 11.4 Å². The van der Waals surface area contributed by atoms with Gasteiger partial charge in [0.2, 0.25) is 5.88 Å². The molecule has 22 heavy (non-hydrogen) atoms. The Kier molecular flexibility index (Phi) is 3.42. The highest BCUT2D eigenvalue weighted by atomic mass is 16.5. The molecule has 0 N–H and O–H groups in total. The van der Waals surface area contributed by atoms with E-state index in [1.807, 2.05) is 12.1 Å². The fraction of sp³-hybridized carbons (Fsp3) is 0. The van der Waals surface area contributed by atoms with Crippen LogP contribution in [0.4, 0.5) is 0 Å². The Morgan fingerprint density at radius 2 is 2.00 bits per heavy atom. The van der Waals surface area contributed by atoms with Gasteiger partial charge in [-0.2, -0.15) is 20.2 Å². The summed E-state index contributed by atoms with van der Waals surface area (Å²) in [6, 6.07) is 12.1. The van der Waals surface area contributed by atoms with Gasteiger partial charge < -0.3 is 4.74 Å². The van der Waals surface area contributed by atoms with Gasteiger partial charge in [0.25, 0.3) is 11.8 Å². The molecule has 1 aromatic carbocycles. The van der Waals surface area contributed by atoms with Crippen molar-refractivity contribution in [3.8, 4) is 29.7 Å². The molecule has 8 nitrogen and oxygen atoms in total. The van der Waals surface area contributed by atoms with Crippen molar-refractivity contribution >= 4 is 0 Å². The summed E-state index contributed by atoms with van der Waals surface area (Å²) in [6.07, 6.45) is 2.84. The molecule has 8 heteroatoms. The average molecular weight is 289 g/mol. The first-order valence-electron chi connectivity index (χ1n) is 6.12. The molecule has 2 heterocycles. The molecule has 3 aromatic rings. The van der Waals surface area contributed by atoms with Crippen LogP contribution in [0.25, 0.3) is 5.95 Å². The van der Waals surface area contributed by atoms with Crippen LogP contribution in [0.2, 0.25) is 0 Å². The van der Waals surface area contributed by atoms with Gasteiger partial charge in [-0.15, -0.1) is 5.10 Å². The predicted octanol–water partition coefficient (Wildman–Crippen LogP) is 1.59. The molecule has 0 aliphatic heterocycles. The van der Waals surface area contributed by atoms with Gasteiger partial charge in [0.1, 0.15) is 18.1 Å². The van der Waals surface area contributed by atoms with Crippen LogP contribution in [-0.2, 0) is 0 Å². The van der Waals surface area contributed by atoms with E-state index in [0.29, 0.717) is 11.3 Å². The Hall–Kier alpha value is -3.78. The summed E-state index contributed by atoms with van der Waals surface area (Å²) in [5.74, 6) is 1.02. The number of nitrogens with zero attached hydrogens (tertiary/aromatic N) is 7. The van der Waals surface area contributed by atoms with Crippen LogP contribution < -0.4 is 4.74 Å². The molecule has 0 saturated heterocycles. The topological polar surface area (TPSA) is 113 Å². The second-order valence-corrected chi connectivity index (χ2v) is 4.06. The summed E-state index contributed by atoms with van der Waals surface area (Å²) in [5.41, 5.74) is 0.488. The molecule has 3 rings (SSSR count). The first kappa shape index (κ1) is 13.2. The molecule has 0 atom stereocenters. The van der Waals surface area contributed by atoms with E-state index < -0.39 is 0 Å². The van der Waals surface area contributed by atoms with E-state index in [9.17, 15) is 0 Å². The molecule has 0 aliphatic carbocycles. The first-order valence-corrected chi connectivity index (χ1v) is 6.12. The highest BCUT2D eigenvalue weighted by Gasteiger charge is 2.07. The predicted molar refractivity (Wildman–Crippen MR) is 72.9 cm³/mol. The highest BCUT2D eigenvalue weighted by molar-refractivity contribution is 5.37. The molecule has 0 fully saturated rings. The smallest absolute Gasteiger partial charge is 0.255 e. The standard InChI is InChI=1S/C14H7N7O/c15-7-10-2-1-3-11(6-10)22-13-4-5-17-14(19-13)21-9-18-12(8-16)20-21/h1-6,9H. The summed E-state index contributed by atoms with van der Waals surface area (Å²) in [4.78, 5) is 12.0. The van der Waals surface area contributed by atoms with Crippen molar-refractivity contribution in [1.29, 1.82) is 10.5 Å². The number of ether oxygens (including phenoxy) is 1. The average Bonchev–Trinajstić information content (AvgIpc) is 3.04. The molecule has 104 valence electrons. The molecular formula is C14H7N7O. The third-order valence-electron chi connectivity index (χ3n) is 2.60. The molecule has 2 aromatic heterocycles. The van der Waals surface area contributed by atoms with Crippen molar-refractivity contribution in [1.82, 2.24) is 24.7 Å². The number of hydrogen-bond donors (Lipinski definition) is 0. The van der Waals surface area contributed by atoms with Crippen LogP contribution in [0.15, 0.2) is 42.9 Å². The first-order chi connectivity index (χ1) is 10.8. The summed E-state index contributed by atoms with van der Waals surface area (Å²) < 4.78 is 6.86. The van der Waals surface area contributed by atoms with Crippen LogP contribution in [0, 0.1) is 22.7 Å². The zero-order valence-electron chi connectivity index (χ0n) is 11.1. The third-order valence-corrected chi connectivity index (χ3v) is 2.60. The van der Waals surface area contributed by atoms with Gasteiger partial charge in [0.15, 0.2) is 0 Å². The maximum absolute atomic E-state index is 8.87. The van der Waals surface area contributed by atoms with Crippen molar-refractivity contribution in [2.24, 2.45) is 0 Å². The quantitative estimate of drug-likeness (QED) is 0.719. The molecule has 0 spiro atoms. The number of rotatable bonds is 3. The second kappa shape index (κ2) is 5.69. The molecule has 0 saturated carbocycles. The maximum atomic E-state index is 8.87. The summed E-state index contributed by atoms with van der Waals surface area (Å²) in [6.45, 7) is 0. The zero-order valence-corrected chi connectivity index (χ0v) is 11.1. The SMILES string of the molecule is N#Cc1cccc(Oc2ccnc(-n3cnc(C#N)n3)n2)c1. The molecule has 0 bridgehead atoms. The van der Waals surface area contributed by atoms with Gasteiger partial charge in [-0.05, 0) is 18.2 Å². The van der Waals surface area contributed by atoms with E-state index in [1.54, 1.807) is 30.3 Å². The van der Waals surface area contributed by atoms with Crippen LogP contribution in [0.5, 0.6) is 11.6 Å². The van der Waals surface area contributed by atoms with Crippen molar-refractivity contribution in [2.75, 3.05) is 0 Å². The number of aromatic nitrogens is 5. The lowest BCUT2D eigenvalue weighted by molar-refractivity contribution is 0.459. The van der Waals surface area contributed by atoms with E-state index in [0.717, 1.165) is 0 Å². The zero-order chi connectivity index (χ0) is 15.4. The number of hydrogen-bond acceptors (Lipinski definition) is 7. The lowest BCUT2D eigenvalue weighted by atomic mass is 10.2. The molecule has 0 radical (unpaired) electrons. The van der Waals surface area contributed by atoms with E-state index in [1.165, 1.54) is 17.2 Å². The lowest BCUT2D eigenvalue weighted by Crippen LogP contribution is -2.02. The van der Waals surface area contributed by atoms with E-state index in [2.05, 4.69) is 20.1 Å². The fourth-order valence-electron chi connectivity index (χ4n) is 1.66.